The molecule has 0 aromatic heterocycles. The van der Waals surface area contributed by atoms with E-state index in [-0.39, 0.29) is 11.8 Å². The third-order valence-corrected chi connectivity index (χ3v) is 3.87. The highest BCUT2D eigenvalue weighted by molar-refractivity contribution is 7.94. The molecule has 1 heterocycles. The van der Waals surface area contributed by atoms with Crippen molar-refractivity contribution in [1.82, 2.24) is 0 Å². The lowest BCUT2D eigenvalue weighted by atomic mass is 10.2. The summed E-state index contributed by atoms with van der Waals surface area (Å²) >= 11 is 5.94. The fourth-order valence-corrected chi connectivity index (χ4v) is 2.87. The van der Waals surface area contributed by atoms with E-state index in [4.69, 9.17) is 11.6 Å². The minimum atomic E-state index is -3.01. The minimum Gasteiger partial charge on any atom is -0.377 e. The Morgan fingerprint density at radius 1 is 1.33 bits per heavy atom. The van der Waals surface area contributed by atoms with Gasteiger partial charge in [0.05, 0.1) is 22.5 Å². The summed E-state index contributed by atoms with van der Waals surface area (Å²) in [6, 6.07) is 7.07. The maximum Gasteiger partial charge on any atom is 0.173 e. The van der Waals surface area contributed by atoms with Crippen molar-refractivity contribution >= 4 is 27.1 Å². The quantitative estimate of drug-likeness (QED) is 0.865. The smallest absolute Gasteiger partial charge is 0.173 e. The van der Waals surface area contributed by atoms with E-state index >= 15 is 0 Å². The summed E-state index contributed by atoms with van der Waals surface area (Å²) in [4.78, 5) is 0. The molecule has 0 saturated carbocycles. The second-order valence-electron chi connectivity index (χ2n) is 3.39. The average molecular weight is 244 g/mol. The summed E-state index contributed by atoms with van der Waals surface area (Å²) in [5, 5.41) is 4.90. The normalized spacial score (nSPS) is 22.9. The lowest BCUT2D eigenvalue weighted by Crippen LogP contribution is -2.20. The maximum absolute atomic E-state index is 11.2. The Bertz CT molecular complexity index is 496. The molecular weight excluding hydrogens is 234 g/mol. The fraction of sp³-hybridized carbons (Fsp3) is 0.200. The van der Waals surface area contributed by atoms with Crippen LogP contribution in [0.4, 0.5) is 5.69 Å². The van der Waals surface area contributed by atoms with Crippen molar-refractivity contribution < 1.29 is 8.42 Å². The molecule has 2 rings (SSSR count). The molecule has 0 unspecified atom stereocenters. The lowest BCUT2D eigenvalue weighted by molar-refractivity contribution is 0.605. The van der Waals surface area contributed by atoms with Gasteiger partial charge in [-0.05, 0) is 12.1 Å². The van der Waals surface area contributed by atoms with E-state index in [2.05, 4.69) is 5.32 Å². The van der Waals surface area contributed by atoms with Gasteiger partial charge in [-0.15, -0.1) is 0 Å². The molecule has 0 saturated heterocycles. The van der Waals surface area contributed by atoms with Gasteiger partial charge in [0.2, 0.25) is 0 Å². The van der Waals surface area contributed by atoms with Gasteiger partial charge >= 0.3 is 0 Å². The van der Waals surface area contributed by atoms with E-state index in [9.17, 15) is 8.42 Å². The molecule has 0 bridgehead atoms. The van der Waals surface area contributed by atoms with E-state index in [0.717, 1.165) is 5.69 Å². The number of nitrogens with one attached hydrogen (secondary N) is 1. The van der Waals surface area contributed by atoms with E-state index in [1.165, 1.54) is 5.41 Å². The number of benzene rings is 1. The molecule has 1 aromatic carbocycles. The summed E-state index contributed by atoms with van der Waals surface area (Å²) < 4.78 is 22.3. The average Bonchev–Trinajstić information content (AvgIpc) is 2.50. The molecular formula is C10H10ClNO2S. The van der Waals surface area contributed by atoms with Crippen LogP contribution < -0.4 is 5.32 Å². The molecule has 1 aromatic rings. The third-order valence-electron chi connectivity index (χ3n) is 2.14. The van der Waals surface area contributed by atoms with Crippen LogP contribution in [0.2, 0.25) is 5.02 Å². The molecule has 3 nitrogen and oxygen atoms in total. The Hall–Kier alpha value is -1.00. The zero-order valence-corrected chi connectivity index (χ0v) is 9.42. The second kappa shape index (κ2) is 3.87. The maximum atomic E-state index is 11.2. The Labute approximate surface area is 93.7 Å². The zero-order chi connectivity index (χ0) is 10.9. The monoisotopic (exact) mass is 243 g/mol. The summed E-state index contributed by atoms with van der Waals surface area (Å²) in [6.07, 6.45) is 1.64. The second-order valence-corrected chi connectivity index (χ2v) is 5.73. The predicted molar refractivity (Wildman–Crippen MR) is 61.8 cm³/mol. The molecule has 5 heteroatoms. The highest BCUT2D eigenvalue weighted by atomic mass is 35.5. The summed E-state index contributed by atoms with van der Waals surface area (Å²) in [6.45, 7) is 0. The molecule has 1 N–H and O–H groups in total. The summed E-state index contributed by atoms with van der Waals surface area (Å²) in [7, 11) is -3.01. The van der Waals surface area contributed by atoms with Crippen LogP contribution in [0.3, 0.4) is 0 Å². The highest BCUT2D eigenvalue weighted by Gasteiger charge is 2.21. The van der Waals surface area contributed by atoms with Crippen LogP contribution in [0.1, 0.15) is 0 Å². The molecule has 0 fully saturated rings. The van der Waals surface area contributed by atoms with Crippen LogP contribution in [-0.4, -0.2) is 20.2 Å². The first-order valence-corrected chi connectivity index (χ1v) is 6.58. The number of para-hydroxylation sites is 1. The number of hydrogen-bond acceptors (Lipinski definition) is 3. The third kappa shape index (κ3) is 2.52. The van der Waals surface area contributed by atoms with Crippen molar-refractivity contribution in [3.05, 3.63) is 40.8 Å². The lowest BCUT2D eigenvalue weighted by Gasteiger charge is -2.12. The Kier molecular flexibility index (Phi) is 2.71. The van der Waals surface area contributed by atoms with Crippen molar-refractivity contribution in [2.24, 2.45) is 0 Å². The van der Waals surface area contributed by atoms with Gasteiger partial charge in [-0.25, -0.2) is 8.42 Å². The first-order chi connectivity index (χ1) is 7.07. The first kappa shape index (κ1) is 10.5. The number of halogens is 1. The van der Waals surface area contributed by atoms with Gasteiger partial charge in [0.25, 0.3) is 0 Å². The zero-order valence-electron chi connectivity index (χ0n) is 7.85. The first-order valence-electron chi connectivity index (χ1n) is 4.49. The topological polar surface area (TPSA) is 46.2 Å². The van der Waals surface area contributed by atoms with Crippen LogP contribution >= 0.6 is 11.6 Å². The Balaban J connectivity index is 2.12. The van der Waals surface area contributed by atoms with Crippen molar-refractivity contribution in [3.8, 4) is 0 Å². The molecule has 0 radical (unpaired) electrons. The van der Waals surface area contributed by atoms with Crippen molar-refractivity contribution in [1.29, 1.82) is 0 Å². The number of sulfone groups is 1. The highest BCUT2D eigenvalue weighted by Crippen LogP contribution is 2.23. The van der Waals surface area contributed by atoms with Crippen LogP contribution in [0.5, 0.6) is 0 Å². The van der Waals surface area contributed by atoms with Crippen molar-refractivity contribution in [2.75, 3.05) is 11.1 Å². The van der Waals surface area contributed by atoms with Gasteiger partial charge < -0.3 is 5.32 Å². The van der Waals surface area contributed by atoms with Gasteiger partial charge in [-0.1, -0.05) is 29.8 Å². The minimum absolute atomic E-state index is 0.0955. The fourth-order valence-electron chi connectivity index (χ4n) is 1.44. The molecule has 0 amide bonds. The summed E-state index contributed by atoms with van der Waals surface area (Å²) in [5.74, 6) is 0.0955. The van der Waals surface area contributed by atoms with E-state index in [1.807, 2.05) is 18.2 Å². The Morgan fingerprint density at radius 3 is 2.67 bits per heavy atom. The van der Waals surface area contributed by atoms with Gasteiger partial charge in [0.15, 0.2) is 9.84 Å². The molecule has 1 atom stereocenters. The van der Waals surface area contributed by atoms with E-state index in [0.29, 0.717) is 5.02 Å². The summed E-state index contributed by atoms with van der Waals surface area (Å²) in [5.41, 5.74) is 0.755. The van der Waals surface area contributed by atoms with Gasteiger partial charge in [0, 0.05) is 5.41 Å². The van der Waals surface area contributed by atoms with Crippen molar-refractivity contribution in [2.45, 2.75) is 6.04 Å². The molecule has 0 spiro atoms. The largest absolute Gasteiger partial charge is 0.377 e. The SMILES string of the molecule is O=S1(=O)C=C[C@@H](Nc2ccccc2Cl)C1. The van der Waals surface area contributed by atoms with Crippen LogP contribution in [-0.2, 0) is 9.84 Å². The Morgan fingerprint density at radius 2 is 2.07 bits per heavy atom. The molecule has 1 aliphatic heterocycles. The number of rotatable bonds is 2. The van der Waals surface area contributed by atoms with Gasteiger partial charge in [-0.2, -0.15) is 0 Å². The van der Waals surface area contributed by atoms with Crippen LogP contribution in [0, 0.1) is 0 Å². The van der Waals surface area contributed by atoms with Crippen molar-refractivity contribution in [3.63, 3.8) is 0 Å². The number of anilines is 1. The number of hydrogen-bond donors (Lipinski definition) is 1. The van der Waals surface area contributed by atoms with Crippen LogP contribution in [0.15, 0.2) is 35.7 Å². The molecule has 80 valence electrons. The van der Waals surface area contributed by atoms with Gasteiger partial charge in [-0.3, -0.25) is 0 Å². The standard InChI is InChI=1S/C10H10ClNO2S/c11-9-3-1-2-4-10(9)12-8-5-6-15(13,14)7-8/h1-6,8,12H,7H2/t8-/m1/s1. The van der Waals surface area contributed by atoms with E-state index < -0.39 is 9.84 Å². The van der Waals surface area contributed by atoms with Crippen LogP contribution in [0.25, 0.3) is 0 Å². The van der Waals surface area contributed by atoms with Gasteiger partial charge in [0.1, 0.15) is 0 Å². The molecule has 0 aliphatic carbocycles. The van der Waals surface area contributed by atoms with E-state index in [1.54, 1.807) is 12.1 Å². The molecule has 1 aliphatic rings. The molecule has 15 heavy (non-hydrogen) atoms. The predicted octanol–water partition coefficient (Wildman–Crippen LogP) is 2.06.